The van der Waals surface area contributed by atoms with Gasteiger partial charge in [-0.2, -0.15) is 9.97 Å². The molecule has 4 nitrogen and oxygen atoms in total. The Morgan fingerprint density at radius 1 is 0.857 bits per heavy atom. The lowest BCUT2D eigenvalue weighted by molar-refractivity contribution is 0.213. The maximum atomic E-state index is 5.75. The van der Waals surface area contributed by atoms with Gasteiger partial charge in [0.25, 0.3) is 0 Å². The van der Waals surface area contributed by atoms with Crippen LogP contribution in [0.25, 0.3) is 11.4 Å². The Labute approximate surface area is 133 Å². The van der Waals surface area contributed by atoms with Crippen molar-refractivity contribution in [2.45, 2.75) is 39.9 Å². The van der Waals surface area contributed by atoms with Crippen LogP contribution in [-0.4, -0.2) is 22.2 Å². The molecular formula is C16H19BrN2O2. The summed E-state index contributed by atoms with van der Waals surface area (Å²) in [6, 6.07) is 9.78. The van der Waals surface area contributed by atoms with E-state index in [1.54, 1.807) is 0 Å². The van der Waals surface area contributed by atoms with Gasteiger partial charge in [0.2, 0.25) is 11.8 Å². The number of nitrogens with zero attached hydrogens (tertiary/aromatic N) is 2. The van der Waals surface area contributed by atoms with Gasteiger partial charge in [-0.1, -0.05) is 30.3 Å². The lowest BCUT2D eigenvalue weighted by Gasteiger charge is -2.16. The van der Waals surface area contributed by atoms with Gasteiger partial charge in [-0.25, -0.2) is 0 Å². The second kappa shape index (κ2) is 6.89. The molecule has 0 atom stereocenters. The Morgan fingerprint density at radius 3 is 1.76 bits per heavy atom. The van der Waals surface area contributed by atoms with Gasteiger partial charge < -0.3 is 9.47 Å². The largest absolute Gasteiger partial charge is 0.474 e. The highest BCUT2D eigenvalue weighted by Gasteiger charge is 2.17. The topological polar surface area (TPSA) is 44.2 Å². The Morgan fingerprint density at radius 2 is 1.33 bits per heavy atom. The molecule has 5 heteroatoms. The lowest BCUT2D eigenvalue weighted by Crippen LogP contribution is -2.12. The molecule has 0 spiro atoms. The third kappa shape index (κ3) is 4.17. The van der Waals surface area contributed by atoms with Crippen LogP contribution in [-0.2, 0) is 0 Å². The monoisotopic (exact) mass is 350 g/mol. The second-order valence-electron chi connectivity index (χ2n) is 5.17. The van der Waals surface area contributed by atoms with E-state index in [0.29, 0.717) is 22.1 Å². The van der Waals surface area contributed by atoms with Gasteiger partial charge in [-0.3, -0.25) is 0 Å². The zero-order valence-corrected chi connectivity index (χ0v) is 14.2. The molecule has 0 saturated carbocycles. The number of hydrogen-bond donors (Lipinski definition) is 0. The minimum Gasteiger partial charge on any atom is -0.474 e. The Hall–Kier alpha value is -1.62. The third-order valence-electron chi connectivity index (χ3n) is 2.52. The summed E-state index contributed by atoms with van der Waals surface area (Å²) in [6.07, 6.45) is 0.0402. The smallest absolute Gasteiger partial charge is 0.235 e. The quantitative estimate of drug-likeness (QED) is 0.797. The standard InChI is InChI=1S/C16H19BrN2O2/c1-10(2)20-15-13(17)16(21-11(3)4)19-14(18-15)12-8-6-5-7-9-12/h5-11H,1-4H3. The predicted molar refractivity (Wildman–Crippen MR) is 86.7 cm³/mol. The summed E-state index contributed by atoms with van der Waals surface area (Å²) < 4.78 is 12.1. The van der Waals surface area contributed by atoms with Gasteiger partial charge in [0, 0.05) is 5.56 Å². The number of hydrogen-bond acceptors (Lipinski definition) is 4. The summed E-state index contributed by atoms with van der Waals surface area (Å²) in [7, 11) is 0. The first kappa shape index (κ1) is 15.8. The Balaban J connectivity index is 2.50. The molecule has 0 bridgehead atoms. The van der Waals surface area contributed by atoms with Crippen molar-refractivity contribution in [2.75, 3.05) is 0 Å². The summed E-state index contributed by atoms with van der Waals surface area (Å²) >= 11 is 3.47. The fourth-order valence-corrected chi connectivity index (χ4v) is 2.09. The third-order valence-corrected chi connectivity index (χ3v) is 3.20. The van der Waals surface area contributed by atoms with E-state index < -0.39 is 0 Å². The minimum atomic E-state index is 0.0201. The van der Waals surface area contributed by atoms with E-state index in [9.17, 15) is 0 Å². The van der Waals surface area contributed by atoms with E-state index in [-0.39, 0.29) is 12.2 Å². The van der Waals surface area contributed by atoms with Gasteiger partial charge in [0.05, 0.1) is 12.2 Å². The summed E-state index contributed by atoms with van der Waals surface area (Å²) in [5, 5.41) is 0. The number of ether oxygens (including phenoxy) is 2. The molecule has 0 unspecified atom stereocenters. The molecule has 0 aliphatic heterocycles. The van der Waals surface area contributed by atoms with Crippen molar-refractivity contribution in [3.05, 3.63) is 34.8 Å². The van der Waals surface area contributed by atoms with E-state index >= 15 is 0 Å². The molecule has 1 aromatic heterocycles. The maximum absolute atomic E-state index is 5.75. The van der Waals surface area contributed by atoms with Crippen molar-refractivity contribution in [1.82, 2.24) is 9.97 Å². The van der Waals surface area contributed by atoms with Crippen molar-refractivity contribution in [1.29, 1.82) is 0 Å². The van der Waals surface area contributed by atoms with Gasteiger partial charge in [-0.05, 0) is 43.6 Å². The maximum Gasteiger partial charge on any atom is 0.235 e. The fraction of sp³-hybridized carbons (Fsp3) is 0.375. The highest BCUT2D eigenvalue weighted by Crippen LogP contribution is 2.34. The lowest BCUT2D eigenvalue weighted by atomic mass is 10.2. The Kier molecular flexibility index (Phi) is 5.17. The summed E-state index contributed by atoms with van der Waals surface area (Å²) in [4.78, 5) is 8.98. The zero-order chi connectivity index (χ0) is 15.4. The molecule has 0 amide bonds. The molecular weight excluding hydrogens is 332 g/mol. The van der Waals surface area contributed by atoms with E-state index in [2.05, 4.69) is 25.9 Å². The molecule has 0 aliphatic carbocycles. The molecule has 0 N–H and O–H groups in total. The predicted octanol–water partition coefficient (Wildman–Crippen LogP) is 4.48. The van der Waals surface area contributed by atoms with Crippen LogP contribution in [0.15, 0.2) is 34.8 Å². The molecule has 0 saturated heterocycles. The number of rotatable bonds is 5. The van der Waals surface area contributed by atoms with Crippen LogP contribution >= 0.6 is 15.9 Å². The molecule has 2 rings (SSSR count). The highest BCUT2D eigenvalue weighted by molar-refractivity contribution is 9.10. The number of benzene rings is 1. The molecule has 112 valence electrons. The molecule has 0 fully saturated rings. The van der Waals surface area contributed by atoms with Crippen LogP contribution in [0.1, 0.15) is 27.7 Å². The van der Waals surface area contributed by atoms with Gasteiger partial charge in [0.15, 0.2) is 5.82 Å². The van der Waals surface area contributed by atoms with E-state index in [4.69, 9.17) is 9.47 Å². The first-order valence-corrected chi connectivity index (χ1v) is 7.73. The molecule has 2 aromatic rings. The molecule has 1 heterocycles. The fourth-order valence-electron chi connectivity index (χ4n) is 1.73. The molecule has 21 heavy (non-hydrogen) atoms. The first-order chi connectivity index (χ1) is 9.97. The average molecular weight is 351 g/mol. The van der Waals surface area contributed by atoms with E-state index in [1.165, 1.54) is 0 Å². The van der Waals surface area contributed by atoms with Crippen LogP contribution in [0.4, 0.5) is 0 Å². The summed E-state index contributed by atoms with van der Waals surface area (Å²) in [6.45, 7) is 7.83. The highest BCUT2D eigenvalue weighted by atomic mass is 79.9. The molecule has 1 aromatic carbocycles. The van der Waals surface area contributed by atoms with E-state index in [1.807, 2.05) is 58.0 Å². The van der Waals surface area contributed by atoms with Crippen molar-refractivity contribution in [2.24, 2.45) is 0 Å². The van der Waals surface area contributed by atoms with E-state index in [0.717, 1.165) is 5.56 Å². The SMILES string of the molecule is CC(C)Oc1nc(-c2ccccc2)nc(OC(C)C)c1Br. The number of halogens is 1. The molecule has 0 radical (unpaired) electrons. The molecule has 0 aliphatic rings. The Bertz CT molecular complexity index is 569. The van der Waals surface area contributed by atoms with Crippen LogP contribution in [0, 0.1) is 0 Å². The van der Waals surface area contributed by atoms with Crippen LogP contribution in [0.5, 0.6) is 11.8 Å². The van der Waals surface area contributed by atoms with Crippen LogP contribution < -0.4 is 9.47 Å². The van der Waals surface area contributed by atoms with Gasteiger partial charge >= 0.3 is 0 Å². The van der Waals surface area contributed by atoms with Gasteiger partial charge in [0.1, 0.15) is 4.47 Å². The van der Waals surface area contributed by atoms with Crippen molar-refractivity contribution in [3.8, 4) is 23.1 Å². The van der Waals surface area contributed by atoms with Gasteiger partial charge in [-0.15, -0.1) is 0 Å². The normalized spacial score (nSPS) is 11.0. The van der Waals surface area contributed by atoms with Crippen molar-refractivity contribution >= 4 is 15.9 Å². The van der Waals surface area contributed by atoms with Crippen LogP contribution in [0.3, 0.4) is 0 Å². The van der Waals surface area contributed by atoms with Crippen LogP contribution in [0.2, 0.25) is 0 Å². The second-order valence-corrected chi connectivity index (χ2v) is 5.96. The van der Waals surface area contributed by atoms with Crippen molar-refractivity contribution < 1.29 is 9.47 Å². The van der Waals surface area contributed by atoms with Crippen molar-refractivity contribution in [3.63, 3.8) is 0 Å². The number of aromatic nitrogens is 2. The summed E-state index contributed by atoms with van der Waals surface area (Å²) in [5.41, 5.74) is 0.923. The first-order valence-electron chi connectivity index (χ1n) is 6.93. The zero-order valence-electron chi connectivity index (χ0n) is 12.6. The summed E-state index contributed by atoms with van der Waals surface area (Å²) in [5.74, 6) is 1.58. The minimum absolute atomic E-state index is 0.0201. The average Bonchev–Trinajstić information content (AvgIpc) is 2.43.